The van der Waals surface area contributed by atoms with Crippen LogP contribution in [-0.2, 0) is 14.3 Å². The number of ether oxygens (including phenoxy) is 2. The first-order valence-electron chi connectivity index (χ1n) is 31.7. The van der Waals surface area contributed by atoms with Crippen LogP contribution in [0.25, 0.3) is 0 Å². The summed E-state index contributed by atoms with van der Waals surface area (Å²) in [6.07, 6.45) is 52.5. The molecule has 11 heteroatoms. The minimum atomic E-state index is -1.67. The number of rotatable bonds is 55. The standard InChI is InChI=1S/C63H121NO10/c1-3-5-7-9-11-13-15-17-19-21-23-24-25-26-27-28-29-30-31-32-33-35-37-39-41-43-45-47-49-51-56(67)62(72)64-54(53-73-63-61(71)60(70)59(69)57(52-65)74-63)58(68)55(66)50-48-46-44-42-40-38-36-34-22-20-18-16-14-12-10-8-6-4-2/h34,36,42,44,54-61,63,65-71H,3-33,35,37-41,43,45-53H2,1-2H3,(H,64,72)/b36-34+,44-42+. The molecule has 0 aromatic carbocycles. The van der Waals surface area contributed by atoms with Crippen LogP contribution in [0.2, 0.25) is 0 Å². The van der Waals surface area contributed by atoms with Crippen molar-refractivity contribution in [2.45, 2.75) is 358 Å². The molecule has 11 nitrogen and oxygen atoms in total. The van der Waals surface area contributed by atoms with Gasteiger partial charge in [0.05, 0.1) is 25.4 Å². The van der Waals surface area contributed by atoms with Gasteiger partial charge in [0.25, 0.3) is 0 Å². The number of allylic oxidation sites excluding steroid dienone is 4. The van der Waals surface area contributed by atoms with Crippen molar-refractivity contribution >= 4 is 5.91 Å². The molecule has 8 N–H and O–H groups in total. The third-order valence-corrected chi connectivity index (χ3v) is 15.5. The van der Waals surface area contributed by atoms with Crippen LogP contribution in [0.15, 0.2) is 24.3 Å². The Morgan fingerprint density at radius 3 is 1.20 bits per heavy atom. The van der Waals surface area contributed by atoms with Crippen molar-refractivity contribution in [3.8, 4) is 0 Å². The van der Waals surface area contributed by atoms with Gasteiger partial charge < -0.3 is 50.5 Å². The first-order valence-corrected chi connectivity index (χ1v) is 31.7. The largest absolute Gasteiger partial charge is 0.394 e. The fourth-order valence-electron chi connectivity index (χ4n) is 10.3. The molecule has 0 bridgehead atoms. The highest BCUT2D eigenvalue weighted by atomic mass is 16.7. The number of unbranched alkanes of at least 4 members (excludes halogenated alkanes) is 39. The second-order valence-corrected chi connectivity index (χ2v) is 22.5. The van der Waals surface area contributed by atoms with Crippen LogP contribution in [-0.4, -0.2) is 110 Å². The van der Waals surface area contributed by atoms with E-state index in [1.165, 1.54) is 218 Å². The maximum atomic E-state index is 13.2. The van der Waals surface area contributed by atoms with E-state index < -0.39 is 74.2 Å². The topological polar surface area (TPSA) is 189 Å². The summed E-state index contributed by atoms with van der Waals surface area (Å²) in [7, 11) is 0. The van der Waals surface area contributed by atoms with E-state index in [1.54, 1.807) is 0 Å². The SMILES string of the molecule is CCCCCCCCCCC/C=C/CC/C=C/CCCC(O)C(O)C(COC1OC(CO)C(O)C(O)C1O)NC(=O)C(O)CCCCCCCCCCCCCCCCCCCCCCCCCCCCCCC. The Kier molecular flexibility index (Phi) is 49.9. The molecule has 0 aliphatic carbocycles. The van der Waals surface area contributed by atoms with E-state index in [9.17, 15) is 40.5 Å². The molecule has 1 saturated heterocycles. The summed E-state index contributed by atoms with van der Waals surface area (Å²) in [6.45, 7) is 3.47. The fourth-order valence-corrected chi connectivity index (χ4v) is 10.3. The lowest BCUT2D eigenvalue weighted by Gasteiger charge is -2.40. The van der Waals surface area contributed by atoms with Gasteiger partial charge in [-0.25, -0.2) is 0 Å². The summed E-state index contributed by atoms with van der Waals surface area (Å²) >= 11 is 0. The Balaban J connectivity index is 2.24. The van der Waals surface area contributed by atoms with Crippen LogP contribution in [0.3, 0.4) is 0 Å². The van der Waals surface area contributed by atoms with Gasteiger partial charge in [-0.2, -0.15) is 0 Å². The Bertz CT molecular complexity index is 1250. The molecule has 74 heavy (non-hydrogen) atoms. The first kappa shape index (κ1) is 70.6. The predicted molar refractivity (Wildman–Crippen MR) is 307 cm³/mol. The zero-order chi connectivity index (χ0) is 54.0. The second-order valence-electron chi connectivity index (χ2n) is 22.5. The summed E-state index contributed by atoms with van der Waals surface area (Å²) in [4.78, 5) is 13.2. The van der Waals surface area contributed by atoms with Gasteiger partial charge in [-0.15, -0.1) is 0 Å². The molecule has 0 saturated carbocycles. The zero-order valence-corrected chi connectivity index (χ0v) is 48.1. The van der Waals surface area contributed by atoms with Gasteiger partial charge in [-0.3, -0.25) is 4.79 Å². The van der Waals surface area contributed by atoms with Crippen LogP contribution in [0.1, 0.15) is 303 Å². The van der Waals surface area contributed by atoms with E-state index in [4.69, 9.17) is 9.47 Å². The van der Waals surface area contributed by atoms with Crippen molar-refractivity contribution in [3.63, 3.8) is 0 Å². The van der Waals surface area contributed by atoms with Crippen LogP contribution in [0, 0.1) is 0 Å². The van der Waals surface area contributed by atoms with Gasteiger partial charge in [0.15, 0.2) is 6.29 Å². The van der Waals surface area contributed by atoms with Crippen molar-refractivity contribution in [3.05, 3.63) is 24.3 Å². The number of hydrogen-bond acceptors (Lipinski definition) is 10. The van der Waals surface area contributed by atoms with E-state index in [-0.39, 0.29) is 12.8 Å². The Morgan fingerprint density at radius 1 is 0.459 bits per heavy atom. The number of amides is 1. The minimum Gasteiger partial charge on any atom is -0.394 e. The normalized spacial score (nSPS) is 19.9. The molecule has 438 valence electrons. The molecule has 0 spiro atoms. The summed E-state index contributed by atoms with van der Waals surface area (Å²) < 4.78 is 11.1. The third-order valence-electron chi connectivity index (χ3n) is 15.5. The van der Waals surface area contributed by atoms with Gasteiger partial charge >= 0.3 is 0 Å². The van der Waals surface area contributed by atoms with Crippen LogP contribution in [0.5, 0.6) is 0 Å². The summed E-state index contributed by atoms with van der Waals surface area (Å²) in [5.74, 6) is -0.705. The van der Waals surface area contributed by atoms with E-state index in [2.05, 4.69) is 43.5 Å². The van der Waals surface area contributed by atoms with Gasteiger partial charge in [-0.1, -0.05) is 276 Å². The van der Waals surface area contributed by atoms with Crippen molar-refractivity contribution < 1.29 is 50.0 Å². The van der Waals surface area contributed by atoms with Gasteiger partial charge in [0.2, 0.25) is 5.91 Å². The monoisotopic (exact) mass is 1050 g/mol. The lowest BCUT2D eigenvalue weighted by molar-refractivity contribution is -0.303. The molecular weight excluding hydrogens is 931 g/mol. The van der Waals surface area contributed by atoms with E-state index >= 15 is 0 Å². The van der Waals surface area contributed by atoms with E-state index in [1.807, 2.05) is 0 Å². The van der Waals surface area contributed by atoms with Crippen molar-refractivity contribution in [2.24, 2.45) is 0 Å². The Hall–Kier alpha value is -1.41. The highest BCUT2D eigenvalue weighted by Gasteiger charge is 2.44. The molecule has 0 aromatic heterocycles. The predicted octanol–water partition coefficient (Wildman–Crippen LogP) is 14.1. The molecule has 1 amide bonds. The fraction of sp³-hybridized carbons (Fsp3) is 0.921. The molecule has 9 atom stereocenters. The van der Waals surface area contributed by atoms with Gasteiger partial charge in [0, 0.05) is 0 Å². The molecule has 1 aliphatic heterocycles. The maximum absolute atomic E-state index is 13.2. The summed E-state index contributed by atoms with van der Waals surface area (Å²) in [5, 5.41) is 76.2. The molecular formula is C63H121NO10. The summed E-state index contributed by atoms with van der Waals surface area (Å²) in [6, 6.07) is -1.19. The molecule has 1 rings (SSSR count). The average Bonchev–Trinajstić information content (AvgIpc) is 3.40. The molecule has 1 aliphatic rings. The summed E-state index contributed by atoms with van der Waals surface area (Å²) in [5.41, 5.74) is 0. The van der Waals surface area contributed by atoms with Gasteiger partial charge in [-0.05, 0) is 51.4 Å². The lowest BCUT2D eigenvalue weighted by Crippen LogP contribution is -2.60. The number of hydrogen-bond donors (Lipinski definition) is 8. The zero-order valence-electron chi connectivity index (χ0n) is 48.1. The quantitative estimate of drug-likeness (QED) is 0.0215. The molecule has 0 aromatic rings. The maximum Gasteiger partial charge on any atom is 0.249 e. The van der Waals surface area contributed by atoms with Gasteiger partial charge in [0.1, 0.15) is 36.6 Å². The Morgan fingerprint density at radius 2 is 0.811 bits per heavy atom. The van der Waals surface area contributed by atoms with Crippen LogP contribution >= 0.6 is 0 Å². The number of aliphatic hydroxyl groups is 7. The van der Waals surface area contributed by atoms with E-state index in [0.717, 1.165) is 38.5 Å². The molecule has 1 fully saturated rings. The van der Waals surface area contributed by atoms with Crippen LogP contribution in [0.4, 0.5) is 0 Å². The highest BCUT2D eigenvalue weighted by molar-refractivity contribution is 5.80. The molecule has 1 heterocycles. The van der Waals surface area contributed by atoms with E-state index in [0.29, 0.717) is 19.3 Å². The minimum absolute atomic E-state index is 0.249. The highest BCUT2D eigenvalue weighted by Crippen LogP contribution is 2.24. The van der Waals surface area contributed by atoms with Crippen molar-refractivity contribution in [1.82, 2.24) is 5.32 Å². The third kappa shape index (κ3) is 39.9. The smallest absolute Gasteiger partial charge is 0.249 e. The molecule has 9 unspecified atom stereocenters. The average molecular weight is 1050 g/mol. The number of aliphatic hydroxyl groups excluding tert-OH is 7. The lowest BCUT2D eigenvalue weighted by atomic mass is 9.98. The first-order chi connectivity index (χ1) is 36.2. The number of carbonyl (C=O) groups excluding carboxylic acids is 1. The number of nitrogens with one attached hydrogen (secondary N) is 1. The second kappa shape index (κ2) is 52.3. The molecule has 0 radical (unpaired) electrons. The Labute approximate surface area is 454 Å². The van der Waals surface area contributed by atoms with Crippen molar-refractivity contribution in [1.29, 1.82) is 0 Å². The number of carbonyl (C=O) groups is 1. The van der Waals surface area contributed by atoms with Crippen LogP contribution < -0.4 is 5.32 Å². The van der Waals surface area contributed by atoms with Crippen molar-refractivity contribution in [2.75, 3.05) is 13.2 Å².